The van der Waals surface area contributed by atoms with Crippen molar-refractivity contribution in [2.75, 3.05) is 5.75 Å². The van der Waals surface area contributed by atoms with E-state index < -0.39 is 0 Å². The first-order valence-electron chi connectivity index (χ1n) is 5.46. The molecule has 2 rings (SSSR count). The van der Waals surface area contributed by atoms with Crippen LogP contribution in [-0.4, -0.2) is 22.8 Å². The molecule has 1 N–H and O–H groups in total. The Hall–Kier alpha value is -1.55. The molecule has 4 heteroatoms. The summed E-state index contributed by atoms with van der Waals surface area (Å²) < 4.78 is 0. The summed E-state index contributed by atoms with van der Waals surface area (Å²) in [4.78, 5) is 22.9. The molecule has 3 nitrogen and oxygen atoms in total. The monoisotopic (exact) mass is 247 g/mol. The Morgan fingerprint density at radius 1 is 1.35 bits per heavy atom. The van der Waals surface area contributed by atoms with Crippen LogP contribution in [0, 0.1) is 0 Å². The molecular formula is C13H13NO2S. The van der Waals surface area contributed by atoms with Crippen molar-refractivity contribution in [3.63, 3.8) is 0 Å². The Bertz CT molecular complexity index is 442. The van der Waals surface area contributed by atoms with E-state index in [9.17, 15) is 9.59 Å². The quantitative estimate of drug-likeness (QED) is 0.829. The average molecular weight is 247 g/mol. The molecule has 1 aliphatic rings. The molecule has 0 spiro atoms. The van der Waals surface area contributed by atoms with E-state index in [0.717, 1.165) is 17.7 Å². The van der Waals surface area contributed by atoms with E-state index >= 15 is 0 Å². The molecule has 0 unspecified atom stereocenters. The summed E-state index contributed by atoms with van der Waals surface area (Å²) in [7, 11) is 0. The molecule has 1 atom stereocenters. The lowest BCUT2D eigenvalue weighted by atomic mass is 10.2. The van der Waals surface area contributed by atoms with Crippen LogP contribution in [0.3, 0.4) is 0 Å². The molecule has 1 amide bonds. The Morgan fingerprint density at radius 3 is 2.76 bits per heavy atom. The van der Waals surface area contributed by atoms with E-state index in [1.807, 2.05) is 30.3 Å². The molecule has 1 heterocycles. The molecule has 0 bridgehead atoms. The number of rotatable bonds is 3. The van der Waals surface area contributed by atoms with Crippen molar-refractivity contribution in [1.82, 2.24) is 5.32 Å². The van der Waals surface area contributed by atoms with E-state index in [1.54, 1.807) is 6.08 Å². The van der Waals surface area contributed by atoms with Gasteiger partial charge < -0.3 is 5.32 Å². The highest BCUT2D eigenvalue weighted by atomic mass is 32.2. The van der Waals surface area contributed by atoms with Crippen LogP contribution < -0.4 is 5.32 Å². The fraction of sp³-hybridized carbons (Fsp3) is 0.231. The van der Waals surface area contributed by atoms with Crippen molar-refractivity contribution in [3.8, 4) is 0 Å². The zero-order valence-electron chi connectivity index (χ0n) is 9.26. The van der Waals surface area contributed by atoms with Gasteiger partial charge in [-0.25, -0.2) is 0 Å². The van der Waals surface area contributed by atoms with E-state index in [4.69, 9.17) is 0 Å². The van der Waals surface area contributed by atoms with Gasteiger partial charge in [-0.05, 0) is 18.1 Å². The summed E-state index contributed by atoms with van der Waals surface area (Å²) in [5, 5.41) is 2.76. The van der Waals surface area contributed by atoms with Gasteiger partial charge in [0.2, 0.25) is 11.0 Å². The standard InChI is InChI=1S/C13H13NO2S/c15-12(14-11-8-9-17-13(11)16)7-6-10-4-2-1-3-5-10/h1-7,11H,8-9H2,(H,14,15)/b7-6+/t11-/m0/s1. The first kappa shape index (κ1) is 11.9. The second kappa shape index (κ2) is 5.68. The highest BCUT2D eigenvalue weighted by Gasteiger charge is 2.25. The fourth-order valence-corrected chi connectivity index (χ4v) is 2.52. The average Bonchev–Trinajstić information content (AvgIpc) is 2.74. The number of carbonyl (C=O) groups is 2. The van der Waals surface area contributed by atoms with Crippen molar-refractivity contribution in [2.45, 2.75) is 12.5 Å². The van der Waals surface area contributed by atoms with Crippen LogP contribution in [0.15, 0.2) is 36.4 Å². The van der Waals surface area contributed by atoms with Crippen LogP contribution in [0.4, 0.5) is 0 Å². The van der Waals surface area contributed by atoms with Gasteiger partial charge >= 0.3 is 0 Å². The molecule has 1 aromatic carbocycles. The third-order valence-corrected chi connectivity index (χ3v) is 3.49. The maximum Gasteiger partial charge on any atom is 0.244 e. The van der Waals surface area contributed by atoms with Crippen LogP contribution in [0.1, 0.15) is 12.0 Å². The van der Waals surface area contributed by atoms with Crippen molar-refractivity contribution >= 4 is 28.9 Å². The van der Waals surface area contributed by atoms with Gasteiger partial charge in [0.15, 0.2) is 0 Å². The Balaban J connectivity index is 1.89. The Kier molecular flexibility index (Phi) is 3.98. The third-order valence-electron chi connectivity index (χ3n) is 2.48. The predicted molar refractivity (Wildman–Crippen MR) is 69.5 cm³/mol. The second-order valence-corrected chi connectivity index (χ2v) is 4.86. The molecule has 88 valence electrons. The normalized spacial score (nSPS) is 19.8. The predicted octanol–water partition coefficient (Wildman–Crippen LogP) is 1.85. The maximum absolute atomic E-state index is 11.6. The van der Waals surface area contributed by atoms with E-state index in [1.165, 1.54) is 17.8 Å². The van der Waals surface area contributed by atoms with Crippen LogP contribution in [0.5, 0.6) is 0 Å². The Morgan fingerprint density at radius 2 is 2.12 bits per heavy atom. The number of amides is 1. The number of thioether (sulfide) groups is 1. The molecule has 17 heavy (non-hydrogen) atoms. The van der Waals surface area contributed by atoms with Gasteiger partial charge in [0.05, 0.1) is 6.04 Å². The SMILES string of the molecule is O=C(/C=C/c1ccccc1)N[C@H]1CCSC1=O. The van der Waals surface area contributed by atoms with Crippen molar-refractivity contribution < 1.29 is 9.59 Å². The largest absolute Gasteiger partial charge is 0.342 e. The number of benzene rings is 1. The highest BCUT2D eigenvalue weighted by molar-refractivity contribution is 8.14. The lowest BCUT2D eigenvalue weighted by Crippen LogP contribution is -2.35. The van der Waals surface area contributed by atoms with Crippen LogP contribution in [-0.2, 0) is 9.59 Å². The van der Waals surface area contributed by atoms with Crippen LogP contribution in [0.25, 0.3) is 6.08 Å². The second-order valence-electron chi connectivity index (χ2n) is 3.76. The van der Waals surface area contributed by atoms with Gasteiger partial charge in [0.25, 0.3) is 0 Å². The Labute approximate surface area is 104 Å². The molecule has 1 aromatic rings. The highest BCUT2D eigenvalue weighted by Crippen LogP contribution is 2.19. The fourth-order valence-electron chi connectivity index (χ4n) is 1.58. The number of hydrogen-bond acceptors (Lipinski definition) is 3. The first-order valence-corrected chi connectivity index (χ1v) is 6.44. The maximum atomic E-state index is 11.6. The lowest BCUT2D eigenvalue weighted by Gasteiger charge is -2.06. The van der Waals surface area contributed by atoms with Gasteiger partial charge in [0, 0.05) is 11.8 Å². The van der Waals surface area contributed by atoms with Crippen molar-refractivity contribution in [3.05, 3.63) is 42.0 Å². The first-order chi connectivity index (χ1) is 8.25. The minimum Gasteiger partial charge on any atom is -0.342 e. The van der Waals surface area contributed by atoms with E-state index in [0.29, 0.717) is 0 Å². The molecular weight excluding hydrogens is 234 g/mol. The van der Waals surface area contributed by atoms with Crippen molar-refractivity contribution in [1.29, 1.82) is 0 Å². The summed E-state index contributed by atoms with van der Waals surface area (Å²) in [6.07, 6.45) is 3.93. The summed E-state index contributed by atoms with van der Waals surface area (Å²) in [5.74, 6) is 0.585. The molecule has 0 saturated carbocycles. The van der Waals surface area contributed by atoms with Gasteiger partial charge in [-0.2, -0.15) is 0 Å². The molecule has 0 aromatic heterocycles. The minimum absolute atomic E-state index is 0.0615. The summed E-state index contributed by atoms with van der Waals surface area (Å²) in [5.41, 5.74) is 0.967. The number of carbonyl (C=O) groups excluding carboxylic acids is 2. The summed E-state index contributed by atoms with van der Waals surface area (Å²) in [6.45, 7) is 0. The van der Waals surface area contributed by atoms with Gasteiger partial charge in [-0.15, -0.1) is 0 Å². The van der Waals surface area contributed by atoms with Crippen molar-refractivity contribution in [2.24, 2.45) is 0 Å². The van der Waals surface area contributed by atoms with Gasteiger partial charge in [0.1, 0.15) is 0 Å². The summed E-state index contributed by atoms with van der Waals surface area (Å²) in [6, 6.07) is 9.27. The van der Waals surface area contributed by atoms with Gasteiger partial charge in [-0.3, -0.25) is 9.59 Å². The summed E-state index contributed by atoms with van der Waals surface area (Å²) >= 11 is 1.28. The zero-order chi connectivity index (χ0) is 12.1. The smallest absolute Gasteiger partial charge is 0.244 e. The zero-order valence-corrected chi connectivity index (χ0v) is 10.1. The van der Waals surface area contributed by atoms with Crippen LogP contribution in [0.2, 0.25) is 0 Å². The minimum atomic E-state index is -0.312. The third kappa shape index (κ3) is 3.46. The molecule has 1 fully saturated rings. The molecule has 1 saturated heterocycles. The molecule has 1 aliphatic heterocycles. The molecule has 0 aliphatic carbocycles. The lowest BCUT2D eigenvalue weighted by molar-refractivity contribution is -0.120. The number of hydrogen-bond donors (Lipinski definition) is 1. The topological polar surface area (TPSA) is 46.2 Å². The number of nitrogens with one attached hydrogen (secondary N) is 1. The molecule has 0 radical (unpaired) electrons. The van der Waals surface area contributed by atoms with Gasteiger partial charge in [-0.1, -0.05) is 42.1 Å². The van der Waals surface area contributed by atoms with Crippen LogP contribution >= 0.6 is 11.8 Å². The van der Waals surface area contributed by atoms with E-state index in [-0.39, 0.29) is 17.1 Å². The van der Waals surface area contributed by atoms with E-state index in [2.05, 4.69) is 5.32 Å².